The zero-order valence-corrected chi connectivity index (χ0v) is 12.1. The lowest BCUT2D eigenvalue weighted by Gasteiger charge is -2.37. The second-order valence-electron chi connectivity index (χ2n) is 5.46. The molecule has 3 heteroatoms. The van der Waals surface area contributed by atoms with E-state index >= 15 is 0 Å². The standard InChI is InChI=1S/C16H26N2O/c1-3-19-16-9-5-4-8-14(16)15(11-17)18-10-6-7-13(2)12-18/h4-5,8-9,13,15H,3,6-7,10-12,17H2,1-2H3. The van der Waals surface area contributed by atoms with Crippen LogP contribution in [0, 0.1) is 5.92 Å². The first-order chi connectivity index (χ1) is 9.26. The Morgan fingerprint density at radius 1 is 1.42 bits per heavy atom. The maximum absolute atomic E-state index is 6.05. The lowest BCUT2D eigenvalue weighted by Crippen LogP contribution is -2.40. The molecule has 106 valence electrons. The van der Waals surface area contributed by atoms with Gasteiger partial charge >= 0.3 is 0 Å². The molecule has 0 radical (unpaired) electrons. The number of piperidine rings is 1. The van der Waals surface area contributed by atoms with Crippen LogP contribution in [0.4, 0.5) is 0 Å². The summed E-state index contributed by atoms with van der Waals surface area (Å²) < 4.78 is 5.76. The molecule has 0 saturated carbocycles. The van der Waals surface area contributed by atoms with E-state index < -0.39 is 0 Å². The minimum Gasteiger partial charge on any atom is -0.494 e. The van der Waals surface area contributed by atoms with Crippen LogP contribution in [-0.4, -0.2) is 31.1 Å². The van der Waals surface area contributed by atoms with Crippen molar-refractivity contribution in [2.24, 2.45) is 11.7 Å². The lowest BCUT2D eigenvalue weighted by molar-refractivity contribution is 0.130. The van der Waals surface area contributed by atoms with Gasteiger partial charge in [0.15, 0.2) is 0 Å². The van der Waals surface area contributed by atoms with Gasteiger partial charge in [-0.15, -0.1) is 0 Å². The van der Waals surface area contributed by atoms with E-state index in [2.05, 4.69) is 30.0 Å². The van der Waals surface area contributed by atoms with Crippen molar-refractivity contribution < 1.29 is 4.74 Å². The largest absolute Gasteiger partial charge is 0.494 e. The highest BCUT2D eigenvalue weighted by molar-refractivity contribution is 5.36. The van der Waals surface area contributed by atoms with Gasteiger partial charge in [0.25, 0.3) is 0 Å². The van der Waals surface area contributed by atoms with Gasteiger partial charge in [0.2, 0.25) is 0 Å². The number of hydrogen-bond donors (Lipinski definition) is 1. The third-order valence-electron chi connectivity index (χ3n) is 3.93. The van der Waals surface area contributed by atoms with Crippen molar-refractivity contribution in [3.63, 3.8) is 0 Å². The fraction of sp³-hybridized carbons (Fsp3) is 0.625. The highest BCUT2D eigenvalue weighted by atomic mass is 16.5. The zero-order valence-electron chi connectivity index (χ0n) is 12.1. The molecule has 19 heavy (non-hydrogen) atoms. The number of nitrogens with zero attached hydrogens (tertiary/aromatic N) is 1. The maximum Gasteiger partial charge on any atom is 0.124 e. The molecule has 1 aliphatic heterocycles. The van der Waals surface area contributed by atoms with Crippen molar-refractivity contribution >= 4 is 0 Å². The van der Waals surface area contributed by atoms with E-state index in [0.29, 0.717) is 13.2 Å². The second kappa shape index (κ2) is 6.92. The molecule has 1 fully saturated rings. The summed E-state index contributed by atoms with van der Waals surface area (Å²) in [6.45, 7) is 7.99. The van der Waals surface area contributed by atoms with Gasteiger partial charge < -0.3 is 10.5 Å². The van der Waals surface area contributed by atoms with E-state index in [1.54, 1.807) is 0 Å². The molecule has 1 saturated heterocycles. The van der Waals surface area contributed by atoms with Crippen LogP contribution in [0.25, 0.3) is 0 Å². The first-order valence-electron chi connectivity index (χ1n) is 7.42. The van der Waals surface area contributed by atoms with Crippen LogP contribution in [0.2, 0.25) is 0 Å². The fourth-order valence-corrected chi connectivity index (χ4v) is 3.02. The smallest absolute Gasteiger partial charge is 0.124 e. The molecule has 0 bridgehead atoms. The number of rotatable bonds is 5. The van der Waals surface area contributed by atoms with Gasteiger partial charge in [0.05, 0.1) is 12.6 Å². The molecule has 1 aliphatic rings. The maximum atomic E-state index is 6.05. The molecule has 0 aromatic heterocycles. The summed E-state index contributed by atoms with van der Waals surface area (Å²) in [5.74, 6) is 1.75. The molecule has 0 spiro atoms. The Morgan fingerprint density at radius 3 is 2.89 bits per heavy atom. The summed E-state index contributed by atoms with van der Waals surface area (Å²) in [6.07, 6.45) is 2.61. The minimum absolute atomic E-state index is 0.283. The molecule has 1 aromatic carbocycles. The second-order valence-corrected chi connectivity index (χ2v) is 5.46. The summed E-state index contributed by atoms with van der Waals surface area (Å²) in [4.78, 5) is 2.52. The predicted octanol–water partition coefficient (Wildman–Crippen LogP) is 2.82. The van der Waals surface area contributed by atoms with E-state index in [4.69, 9.17) is 10.5 Å². The molecule has 2 atom stereocenters. The highest BCUT2D eigenvalue weighted by Crippen LogP contribution is 2.31. The van der Waals surface area contributed by atoms with Crippen LogP contribution >= 0.6 is 0 Å². The van der Waals surface area contributed by atoms with Gasteiger partial charge in [-0.25, -0.2) is 0 Å². The number of hydrogen-bond acceptors (Lipinski definition) is 3. The van der Waals surface area contributed by atoms with Crippen molar-refractivity contribution in [2.75, 3.05) is 26.2 Å². The molecular formula is C16H26N2O. The van der Waals surface area contributed by atoms with Crippen molar-refractivity contribution in [1.29, 1.82) is 0 Å². The summed E-state index contributed by atoms with van der Waals surface area (Å²) in [5.41, 5.74) is 7.29. The molecule has 3 nitrogen and oxygen atoms in total. The van der Waals surface area contributed by atoms with Crippen molar-refractivity contribution in [3.05, 3.63) is 29.8 Å². The molecule has 0 aliphatic carbocycles. The van der Waals surface area contributed by atoms with Crippen LogP contribution in [0.15, 0.2) is 24.3 Å². The summed E-state index contributed by atoms with van der Waals surface area (Å²) in [5, 5.41) is 0. The van der Waals surface area contributed by atoms with Gasteiger partial charge in [0.1, 0.15) is 5.75 Å². The molecule has 1 aromatic rings. The quantitative estimate of drug-likeness (QED) is 0.887. The average Bonchev–Trinajstić information content (AvgIpc) is 2.42. The number of nitrogens with two attached hydrogens (primary N) is 1. The van der Waals surface area contributed by atoms with Crippen molar-refractivity contribution in [2.45, 2.75) is 32.7 Å². The van der Waals surface area contributed by atoms with E-state index in [9.17, 15) is 0 Å². The van der Waals surface area contributed by atoms with E-state index in [-0.39, 0.29) is 6.04 Å². The molecule has 2 unspecified atom stereocenters. The molecular weight excluding hydrogens is 236 g/mol. The Kier molecular flexibility index (Phi) is 5.23. The van der Waals surface area contributed by atoms with Crippen LogP contribution in [0.5, 0.6) is 5.75 Å². The Hall–Kier alpha value is -1.06. The summed E-state index contributed by atoms with van der Waals surface area (Å²) in [6, 6.07) is 8.59. The van der Waals surface area contributed by atoms with Gasteiger partial charge in [-0.1, -0.05) is 25.1 Å². The third kappa shape index (κ3) is 3.48. The van der Waals surface area contributed by atoms with Crippen LogP contribution in [0.3, 0.4) is 0 Å². The molecule has 2 rings (SSSR count). The molecule has 0 amide bonds. The SMILES string of the molecule is CCOc1ccccc1C(CN)N1CCCC(C)C1. The highest BCUT2D eigenvalue weighted by Gasteiger charge is 2.26. The Morgan fingerprint density at radius 2 is 2.21 bits per heavy atom. The van der Waals surface area contributed by atoms with Gasteiger partial charge in [-0.3, -0.25) is 4.90 Å². The van der Waals surface area contributed by atoms with Crippen LogP contribution in [0.1, 0.15) is 38.3 Å². The number of benzene rings is 1. The van der Waals surface area contributed by atoms with Crippen LogP contribution < -0.4 is 10.5 Å². The molecule has 1 heterocycles. The lowest BCUT2D eigenvalue weighted by atomic mass is 9.96. The summed E-state index contributed by atoms with van der Waals surface area (Å²) in [7, 11) is 0. The number of likely N-dealkylation sites (tertiary alicyclic amines) is 1. The predicted molar refractivity (Wildman–Crippen MR) is 79.4 cm³/mol. The summed E-state index contributed by atoms with van der Waals surface area (Å²) >= 11 is 0. The Bertz CT molecular complexity index is 394. The van der Waals surface area contributed by atoms with Crippen molar-refractivity contribution in [1.82, 2.24) is 4.90 Å². The number of ether oxygens (including phenoxy) is 1. The van der Waals surface area contributed by atoms with Crippen molar-refractivity contribution in [3.8, 4) is 5.75 Å². The fourth-order valence-electron chi connectivity index (χ4n) is 3.02. The van der Waals surface area contributed by atoms with Gasteiger partial charge in [-0.05, 0) is 38.3 Å². The van der Waals surface area contributed by atoms with Crippen LogP contribution in [-0.2, 0) is 0 Å². The monoisotopic (exact) mass is 262 g/mol. The first-order valence-corrected chi connectivity index (χ1v) is 7.42. The molecule has 2 N–H and O–H groups in total. The zero-order chi connectivity index (χ0) is 13.7. The van der Waals surface area contributed by atoms with E-state index in [0.717, 1.165) is 24.8 Å². The van der Waals surface area contributed by atoms with E-state index in [1.165, 1.54) is 18.4 Å². The van der Waals surface area contributed by atoms with Gasteiger partial charge in [0, 0.05) is 18.7 Å². The Balaban J connectivity index is 2.20. The third-order valence-corrected chi connectivity index (χ3v) is 3.93. The normalized spacial score (nSPS) is 22.2. The number of para-hydroxylation sites is 1. The van der Waals surface area contributed by atoms with E-state index in [1.807, 2.05) is 13.0 Å². The average molecular weight is 262 g/mol. The Labute approximate surface area is 116 Å². The topological polar surface area (TPSA) is 38.5 Å². The first kappa shape index (κ1) is 14.4. The van der Waals surface area contributed by atoms with Gasteiger partial charge in [-0.2, -0.15) is 0 Å². The minimum atomic E-state index is 0.283.